The molecule has 0 radical (unpaired) electrons. The Bertz CT molecular complexity index is 756. The number of imidazole rings is 1. The zero-order chi connectivity index (χ0) is 16.8. The van der Waals surface area contributed by atoms with Gasteiger partial charge < -0.3 is 10.7 Å². The second-order valence-electron chi connectivity index (χ2n) is 5.87. The first kappa shape index (κ1) is 17.5. The summed E-state index contributed by atoms with van der Waals surface area (Å²) in [6.07, 6.45) is 5.32. The van der Waals surface area contributed by atoms with Crippen LogP contribution in [-0.2, 0) is 19.5 Å². The molecular weight excluding hydrogens is 294 g/mol. The van der Waals surface area contributed by atoms with Crippen molar-refractivity contribution in [2.45, 2.75) is 65.5 Å². The third-order valence-corrected chi connectivity index (χ3v) is 3.92. The van der Waals surface area contributed by atoms with Crippen molar-refractivity contribution in [1.82, 2.24) is 19.1 Å². The smallest absolute Gasteiger partial charge is 0.332 e. The van der Waals surface area contributed by atoms with Crippen LogP contribution >= 0.6 is 0 Å². The Labute approximate surface area is 135 Å². The largest absolute Gasteiger partial charge is 0.336 e. The Hall–Kier alpha value is -1.89. The molecule has 2 aromatic rings. The fourth-order valence-electron chi connectivity index (χ4n) is 2.79. The number of aromatic nitrogens is 4. The van der Waals surface area contributed by atoms with Crippen molar-refractivity contribution in [2.75, 3.05) is 6.54 Å². The van der Waals surface area contributed by atoms with E-state index in [4.69, 9.17) is 5.73 Å². The van der Waals surface area contributed by atoms with Crippen molar-refractivity contribution in [3.8, 4) is 0 Å². The van der Waals surface area contributed by atoms with E-state index in [0.717, 1.165) is 44.3 Å². The second kappa shape index (κ2) is 8.10. The molecule has 2 heterocycles. The molecule has 0 aliphatic rings. The highest BCUT2D eigenvalue weighted by Crippen LogP contribution is 2.09. The normalized spacial score (nSPS) is 11.4. The summed E-state index contributed by atoms with van der Waals surface area (Å²) in [5.41, 5.74) is 5.91. The number of aryl methyl sites for hydroxylation is 2. The van der Waals surface area contributed by atoms with Gasteiger partial charge in [0.15, 0.2) is 5.65 Å². The Balaban J connectivity index is 2.45. The van der Waals surface area contributed by atoms with Gasteiger partial charge in [0.05, 0.1) is 0 Å². The minimum absolute atomic E-state index is 0.257. The number of hydrogen-bond donors (Lipinski definition) is 2. The third-order valence-electron chi connectivity index (χ3n) is 3.92. The van der Waals surface area contributed by atoms with E-state index >= 15 is 0 Å². The number of fused-ring (bicyclic) bond motifs is 1. The third kappa shape index (κ3) is 3.72. The Morgan fingerprint density at radius 1 is 1.04 bits per heavy atom. The highest BCUT2D eigenvalue weighted by Gasteiger charge is 2.16. The lowest BCUT2D eigenvalue weighted by molar-refractivity contribution is 0.555. The molecule has 0 saturated carbocycles. The molecule has 0 spiro atoms. The molecule has 0 amide bonds. The van der Waals surface area contributed by atoms with Gasteiger partial charge in [0.1, 0.15) is 11.3 Å². The summed E-state index contributed by atoms with van der Waals surface area (Å²) in [5.74, 6) is 0.771. The maximum absolute atomic E-state index is 12.6. The molecule has 0 atom stereocenters. The van der Waals surface area contributed by atoms with Gasteiger partial charge in [0.25, 0.3) is 5.56 Å². The van der Waals surface area contributed by atoms with Crippen LogP contribution in [0.2, 0.25) is 0 Å². The quantitative estimate of drug-likeness (QED) is 0.682. The van der Waals surface area contributed by atoms with Crippen LogP contribution in [0.1, 0.15) is 51.8 Å². The van der Waals surface area contributed by atoms with Crippen LogP contribution < -0.4 is 17.0 Å². The summed E-state index contributed by atoms with van der Waals surface area (Å²) in [5, 5.41) is 0. The highest BCUT2D eigenvalue weighted by molar-refractivity contribution is 5.69. The summed E-state index contributed by atoms with van der Waals surface area (Å²) < 4.78 is 2.93. The average Bonchev–Trinajstić information content (AvgIpc) is 2.96. The second-order valence-corrected chi connectivity index (χ2v) is 5.87. The van der Waals surface area contributed by atoms with Crippen molar-refractivity contribution in [3.05, 3.63) is 26.7 Å². The van der Waals surface area contributed by atoms with Crippen LogP contribution in [0.5, 0.6) is 0 Å². The molecule has 0 fully saturated rings. The monoisotopic (exact) mass is 321 g/mol. The molecule has 0 saturated heterocycles. The average molecular weight is 321 g/mol. The number of nitrogens with zero attached hydrogens (tertiary/aromatic N) is 3. The van der Waals surface area contributed by atoms with E-state index in [1.54, 1.807) is 4.57 Å². The van der Waals surface area contributed by atoms with Crippen molar-refractivity contribution in [1.29, 1.82) is 0 Å². The van der Waals surface area contributed by atoms with Crippen LogP contribution in [0.25, 0.3) is 11.2 Å². The van der Waals surface area contributed by atoms with Gasteiger partial charge >= 0.3 is 5.69 Å². The summed E-state index contributed by atoms with van der Waals surface area (Å²) in [6, 6.07) is 0. The number of unbranched alkanes of at least 4 members (excludes halogenated alkanes) is 2. The molecular formula is C16H27N5O2. The van der Waals surface area contributed by atoms with Gasteiger partial charge in [0.2, 0.25) is 0 Å². The van der Waals surface area contributed by atoms with E-state index < -0.39 is 0 Å². The number of aromatic amines is 1. The van der Waals surface area contributed by atoms with Crippen LogP contribution in [0.3, 0.4) is 0 Å². The standard InChI is InChI=1S/C16H27N5O2/c1-3-10-20-14-13(15(22)21(11-4-2)16(20)23)18-12(19-14)8-6-5-7-9-17/h3-11,17H2,1-2H3,(H,18,19). The van der Waals surface area contributed by atoms with E-state index in [2.05, 4.69) is 9.97 Å². The van der Waals surface area contributed by atoms with Gasteiger partial charge in [-0.15, -0.1) is 0 Å². The van der Waals surface area contributed by atoms with Gasteiger partial charge in [-0.3, -0.25) is 13.9 Å². The van der Waals surface area contributed by atoms with Crippen molar-refractivity contribution < 1.29 is 0 Å². The molecule has 23 heavy (non-hydrogen) atoms. The van der Waals surface area contributed by atoms with Gasteiger partial charge in [-0.25, -0.2) is 9.78 Å². The summed E-state index contributed by atoms with van der Waals surface area (Å²) in [6.45, 7) is 5.65. The van der Waals surface area contributed by atoms with Crippen molar-refractivity contribution >= 4 is 11.2 Å². The maximum atomic E-state index is 12.6. The van der Waals surface area contributed by atoms with E-state index in [9.17, 15) is 9.59 Å². The Kier molecular flexibility index (Phi) is 6.15. The number of H-pyrrole nitrogens is 1. The van der Waals surface area contributed by atoms with Gasteiger partial charge in [-0.1, -0.05) is 20.3 Å². The first-order chi connectivity index (χ1) is 11.1. The number of nitrogens with two attached hydrogens (primary N) is 1. The molecule has 0 aliphatic carbocycles. The first-order valence-electron chi connectivity index (χ1n) is 8.56. The lowest BCUT2D eigenvalue weighted by Gasteiger charge is -2.09. The van der Waals surface area contributed by atoms with Gasteiger partial charge in [-0.05, 0) is 32.2 Å². The number of rotatable bonds is 9. The van der Waals surface area contributed by atoms with Gasteiger partial charge in [-0.2, -0.15) is 0 Å². The molecule has 7 nitrogen and oxygen atoms in total. The highest BCUT2D eigenvalue weighted by atomic mass is 16.2. The lowest BCUT2D eigenvalue weighted by atomic mass is 10.2. The molecule has 2 rings (SSSR count). The fraction of sp³-hybridized carbons (Fsp3) is 0.688. The zero-order valence-electron chi connectivity index (χ0n) is 14.1. The molecule has 128 valence electrons. The minimum atomic E-state index is -0.264. The maximum Gasteiger partial charge on any atom is 0.332 e. The minimum Gasteiger partial charge on any atom is -0.336 e. The molecule has 3 N–H and O–H groups in total. The van der Waals surface area contributed by atoms with Crippen LogP contribution in [0, 0.1) is 0 Å². The number of hydrogen-bond acceptors (Lipinski definition) is 4. The first-order valence-corrected chi connectivity index (χ1v) is 8.56. The molecule has 0 aliphatic heterocycles. The van der Waals surface area contributed by atoms with Gasteiger partial charge in [0, 0.05) is 19.5 Å². The Morgan fingerprint density at radius 3 is 2.39 bits per heavy atom. The lowest BCUT2D eigenvalue weighted by Crippen LogP contribution is -2.40. The van der Waals surface area contributed by atoms with Crippen LogP contribution in [-0.4, -0.2) is 25.6 Å². The predicted molar refractivity (Wildman–Crippen MR) is 91.8 cm³/mol. The molecule has 0 unspecified atom stereocenters. The van der Waals surface area contributed by atoms with E-state index in [1.807, 2.05) is 13.8 Å². The fourth-order valence-corrected chi connectivity index (χ4v) is 2.79. The van der Waals surface area contributed by atoms with Crippen molar-refractivity contribution in [3.63, 3.8) is 0 Å². The van der Waals surface area contributed by atoms with E-state index in [1.165, 1.54) is 4.57 Å². The topological polar surface area (TPSA) is 98.7 Å². The predicted octanol–water partition coefficient (Wildman–Crippen LogP) is 1.38. The SMILES string of the molecule is CCCn1c(=O)c2[nH]c(CCCCCN)nc2n(CCC)c1=O. The molecule has 2 aromatic heterocycles. The molecule has 0 bridgehead atoms. The number of nitrogens with one attached hydrogen (secondary N) is 1. The summed E-state index contributed by atoms with van der Waals surface area (Å²) in [4.78, 5) is 32.7. The molecule has 0 aromatic carbocycles. The van der Waals surface area contributed by atoms with E-state index in [-0.39, 0.29) is 11.2 Å². The van der Waals surface area contributed by atoms with Crippen LogP contribution in [0.15, 0.2) is 9.59 Å². The Morgan fingerprint density at radius 2 is 1.74 bits per heavy atom. The summed E-state index contributed by atoms with van der Waals surface area (Å²) >= 11 is 0. The zero-order valence-corrected chi connectivity index (χ0v) is 14.1. The van der Waals surface area contributed by atoms with Crippen molar-refractivity contribution in [2.24, 2.45) is 5.73 Å². The van der Waals surface area contributed by atoms with E-state index in [0.29, 0.717) is 30.8 Å². The summed E-state index contributed by atoms with van der Waals surface area (Å²) in [7, 11) is 0. The molecule has 7 heteroatoms. The van der Waals surface area contributed by atoms with Crippen LogP contribution in [0.4, 0.5) is 0 Å².